The first-order valence-electron chi connectivity index (χ1n) is 5.66. The van der Waals surface area contributed by atoms with Gasteiger partial charge in [-0.25, -0.2) is 20.8 Å². The molecule has 0 saturated heterocycles. The van der Waals surface area contributed by atoms with Crippen LogP contribution in [0.25, 0.3) is 11.5 Å². The molecule has 3 rings (SSSR count). The van der Waals surface area contributed by atoms with E-state index in [1.807, 2.05) is 28.3 Å². The van der Waals surface area contributed by atoms with Crippen molar-refractivity contribution < 1.29 is 0 Å². The van der Waals surface area contributed by atoms with Crippen LogP contribution >= 0.6 is 0 Å². The first kappa shape index (κ1) is 10.7. The number of imidazole rings is 2. The third kappa shape index (κ3) is 1.52. The van der Waals surface area contributed by atoms with Crippen molar-refractivity contribution in [2.75, 3.05) is 5.43 Å². The highest BCUT2D eigenvalue weighted by molar-refractivity contribution is 5.58. The third-order valence-corrected chi connectivity index (χ3v) is 2.77. The van der Waals surface area contributed by atoms with Crippen LogP contribution in [0.15, 0.2) is 31.0 Å². The SMILES string of the molecule is CCc1nccn1-c1nc(NN)cn2ccnc12. The highest BCUT2D eigenvalue weighted by Gasteiger charge is 2.11. The molecule has 92 valence electrons. The summed E-state index contributed by atoms with van der Waals surface area (Å²) in [5, 5.41) is 0. The molecule has 18 heavy (non-hydrogen) atoms. The van der Waals surface area contributed by atoms with Crippen LogP contribution in [0.5, 0.6) is 0 Å². The van der Waals surface area contributed by atoms with Gasteiger partial charge in [-0.1, -0.05) is 6.92 Å². The van der Waals surface area contributed by atoms with E-state index in [1.54, 1.807) is 18.6 Å². The summed E-state index contributed by atoms with van der Waals surface area (Å²) < 4.78 is 3.79. The fourth-order valence-electron chi connectivity index (χ4n) is 1.94. The molecule has 7 nitrogen and oxygen atoms in total. The number of nitrogens with two attached hydrogens (primary N) is 1. The maximum atomic E-state index is 5.43. The van der Waals surface area contributed by atoms with E-state index >= 15 is 0 Å². The molecule has 0 amide bonds. The lowest BCUT2D eigenvalue weighted by Crippen LogP contribution is -2.12. The molecule has 3 aromatic heterocycles. The van der Waals surface area contributed by atoms with E-state index in [1.165, 1.54) is 0 Å². The number of aromatic nitrogens is 5. The number of nitrogens with one attached hydrogen (secondary N) is 1. The number of nitrogens with zero attached hydrogens (tertiary/aromatic N) is 5. The maximum absolute atomic E-state index is 5.43. The molecule has 0 bridgehead atoms. The monoisotopic (exact) mass is 243 g/mol. The molecule has 3 N–H and O–H groups in total. The summed E-state index contributed by atoms with van der Waals surface area (Å²) in [7, 11) is 0. The molecule has 3 heterocycles. The van der Waals surface area contributed by atoms with E-state index in [4.69, 9.17) is 5.84 Å². The van der Waals surface area contributed by atoms with Crippen molar-refractivity contribution in [3.63, 3.8) is 0 Å². The van der Waals surface area contributed by atoms with Crippen molar-refractivity contribution in [3.8, 4) is 5.82 Å². The maximum Gasteiger partial charge on any atom is 0.184 e. The van der Waals surface area contributed by atoms with Crippen molar-refractivity contribution in [2.45, 2.75) is 13.3 Å². The molecule has 0 atom stereocenters. The number of fused-ring (bicyclic) bond motifs is 1. The average molecular weight is 243 g/mol. The van der Waals surface area contributed by atoms with Crippen LogP contribution in [-0.2, 0) is 6.42 Å². The van der Waals surface area contributed by atoms with Gasteiger partial charge in [-0.05, 0) is 0 Å². The van der Waals surface area contributed by atoms with Crippen LogP contribution in [0.1, 0.15) is 12.7 Å². The Bertz CT molecular complexity index is 682. The molecule has 0 aromatic carbocycles. The zero-order chi connectivity index (χ0) is 12.5. The topological polar surface area (TPSA) is 86.1 Å². The number of nitrogen functional groups attached to an aromatic ring is 1. The lowest BCUT2D eigenvalue weighted by Gasteiger charge is -2.09. The summed E-state index contributed by atoms with van der Waals surface area (Å²) in [6, 6.07) is 0. The number of hydrogen-bond acceptors (Lipinski definition) is 5. The lowest BCUT2D eigenvalue weighted by molar-refractivity contribution is 0.863. The molecule has 0 spiro atoms. The molecule has 0 unspecified atom stereocenters. The summed E-state index contributed by atoms with van der Waals surface area (Å²) in [5.74, 6) is 7.65. The predicted molar refractivity (Wildman–Crippen MR) is 67.3 cm³/mol. The van der Waals surface area contributed by atoms with Gasteiger partial charge in [0.15, 0.2) is 17.3 Å². The van der Waals surface area contributed by atoms with E-state index in [0.717, 1.165) is 17.9 Å². The normalized spacial score (nSPS) is 11.0. The Hall–Kier alpha value is -2.41. The van der Waals surface area contributed by atoms with Gasteiger partial charge in [-0.15, -0.1) is 0 Å². The Morgan fingerprint density at radius 3 is 2.89 bits per heavy atom. The second-order valence-electron chi connectivity index (χ2n) is 3.82. The molecular weight excluding hydrogens is 230 g/mol. The molecular formula is C11H13N7. The van der Waals surface area contributed by atoms with Gasteiger partial charge in [0.1, 0.15) is 5.82 Å². The lowest BCUT2D eigenvalue weighted by atomic mass is 10.4. The van der Waals surface area contributed by atoms with E-state index in [0.29, 0.717) is 11.6 Å². The number of rotatable bonds is 3. The van der Waals surface area contributed by atoms with Crippen LogP contribution in [0.2, 0.25) is 0 Å². The van der Waals surface area contributed by atoms with Crippen LogP contribution < -0.4 is 11.3 Å². The molecule has 7 heteroatoms. The van der Waals surface area contributed by atoms with Gasteiger partial charge in [-0.2, -0.15) is 0 Å². The largest absolute Gasteiger partial charge is 0.307 e. The van der Waals surface area contributed by atoms with E-state index < -0.39 is 0 Å². The Morgan fingerprint density at radius 1 is 1.28 bits per heavy atom. The van der Waals surface area contributed by atoms with Gasteiger partial charge in [0, 0.05) is 31.2 Å². The number of anilines is 1. The Labute approximate surface area is 103 Å². The quantitative estimate of drug-likeness (QED) is 0.524. The highest BCUT2D eigenvalue weighted by Crippen LogP contribution is 2.17. The smallest absolute Gasteiger partial charge is 0.184 e. The van der Waals surface area contributed by atoms with Gasteiger partial charge in [0.25, 0.3) is 0 Å². The van der Waals surface area contributed by atoms with Gasteiger partial charge < -0.3 is 9.83 Å². The Kier molecular flexibility index (Phi) is 2.45. The minimum absolute atomic E-state index is 0.575. The molecule has 0 aliphatic carbocycles. The Morgan fingerprint density at radius 2 is 2.11 bits per heavy atom. The third-order valence-electron chi connectivity index (χ3n) is 2.77. The van der Waals surface area contributed by atoms with Gasteiger partial charge in [0.05, 0.1) is 6.20 Å². The summed E-state index contributed by atoms with van der Waals surface area (Å²) in [6.07, 6.45) is 9.81. The summed E-state index contributed by atoms with van der Waals surface area (Å²) in [4.78, 5) is 13.0. The number of hydrazine groups is 1. The standard InChI is InChI=1S/C11H13N7/c1-2-9-13-4-6-18(9)11-10-14-3-5-17(10)7-8(15-11)16-12/h3-7,16H,2,12H2,1H3. The van der Waals surface area contributed by atoms with Crippen molar-refractivity contribution >= 4 is 11.5 Å². The number of hydrogen-bond donors (Lipinski definition) is 2. The van der Waals surface area contributed by atoms with Crippen molar-refractivity contribution in [2.24, 2.45) is 5.84 Å². The Balaban J connectivity index is 2.30. The van der Waals surface area contributed by atoms with Gasteiger partial charge in [0.2, 0.25) is 0 Å². The molecule has 0 saturated carbocycles. The fraction of sp³-hybridized carbons (Fsp3) is 0.182. The van der Waals surface area contributed by atoms with E-state index in [2.05, 4.69) is 20.4 Å². The highest BCUT2D eigenvalue weighted by atomic mass is 15.3. The predicted octanol–water partition coefficient (Wildman–Crippen LogP) is 0.763. The molecule has 0 aliphatic rings. The first-order valence-corrected chi connectivity index (χ1v) is 5.66. The molecule has 0 aliphatic heterocycles. The zero-order valence-electron chi connectivity index (χ0n) is 9.91. The van der Waals surface area contributed by atoms with Gasteiger partial charge >= 0.3 is 0 Å². The van der Waals surface area contributed by atoms with Crippen LogP contribution in [0.3, 0.4) is 0 Å². The molecule has 0 radical (unpaired) electrons. The van der Waals surface area contributed by atoms with Crippen molar-refractivity contribution in [1.82, 2.24) is 23.9 Å². The average Bonchev–Trinajstić information content (AvgIpc) is 3.05. The van der Waals surface area contributed by atoms with Crippen LogP contribution in [0, 0.1) is 0 Å². The summed E-state index contributed by atoms with van der Waals surface area (Å²) in [5.41, 5.74) is 3.32. The second-order valence-corrected chi connectivity index (χ2v) is 3.82. The number of aryl methyl sites for hydroxylation is 1. The zero-order valence-corrected chi connectivity index (χ0v) is 9.91. The minimum Gasteiger partial charge on any atom is -0.307 e. The second kappa shape index (κ2) is 4.11. The van der Waals surface area contributed by atoms with Crippen molar-refractivity contribution in [3.05, 3.63) is 36.8 Å². The van der Waals surface area contributed by atoms with Crippen LogP contribution in [-0.4, -0.2) is 23.9 Å². The van der Waals surface area contributed by atoms with Gasteiger partial charge in [-0.3, -0.25) is 4.57 Å². The summed E-state index contributed by atoms with van der Waals surface area (Å²) in [6.45, 7) is 2.05. The van der Waals surface area contributed by atoms with Crippen LogP contribution in [0.4, 0.5) is 5.82 Å². The van der Waals surface area contributed by atoms with E-state index in [9.17, 15) is 0 Å². The molecule has 3 aromatic rings. The van der Waals surface area contributed by atoms with E-state index in [-0.39, 0.29) is 0 Å². The summed E-state index contributed by atoms with van der Waals surface area (Å²) >= 11 is 0. The first-order chi connectivity index (χ1) is 8.83. The van der Waals surface area contributed by atoms with Crippen molar-refractivity contribution in [1.29, 1.82) is 0 Å². The fourth-order valence-corrected chi connectivity index (χ4v) is 1.94. The minimum atomic E-state index is 0.575. The molecule has 0 fully saturated rings.